The summed E-state index contributed by atoms with van der Waals surface area (Å²) in [7, 11) is 2.90. The molecule has 0 aliphatic rings. The Morgan fingerprint density at radius 1 is 1.17 bits per heavy atom. The zero-order valence-corrected chi connectivity index (χ0v) is 18.6. The van der Waals surface area contributed by atoms with E-state index in [2.05, 4.69) is 50.5 Å². The van der Waals surface area contributed by atoms with Crippen molar-refractivity contribution < 1.29 is 23.8 Å². The summed E-state index contributed by atoms with van der Waals surface area (Å²) in [4.78, 5) is 23.9. The molecular weight excluding hydrogens is 540 g/mol. The van der Waals surface area contributed by atoms with Gasteiger partial charge >= 0.3 is 12.1 Å². The van der Waals surface area contributed by atoms with Crippen LogP contribution in [-0.2, 0) is 20.7 Å². The number of esters is 1. The maximum atomic E-state index is 12.0. The van der Waals surface area contributed by atoms with Gasteiger partial charge in [-0.2, -0.15) is 0 Å². The monoisotopic (exact) mass is 561 g/mol. The molecule has 0 saturated heterocycles. The summed E-state index contributed by atoms with van der Waals surface area (Å²) < 4.78 is 17.2. The first-order valence-corrected chi connectivity index (χ1v) is 9.32. The molecule has 1 amide bonds. The zero-order chi connectivity index (χ0) is 18.5. The van der Waals surface area contributed by atoms with E-state index < -0.39 is 23.7 Å². The molecule has 1 N–H and O–H groups in total. The Morgan fingerprint density at radius 2 is 1.71 bits per heavy atom. The van der Waals surface area contributed by atoms with Gasteiger partial charge in [0.15, 0.2) is 0 Å². The van der Waals surface area contributed by atoms with Gasteiger partial charge in [-0.15, -0.1) is 0 Å². The standard InChI is InChI=1S/C16H21I2NO5/c1-16(2,3)24-15(21)19-12(14(20)23-5)8-9-6-10(17)13(22-4)11(18)7-9/h6-7,12H,8H2,1-5H3,(H,19,21). The summed E-state index contributed by atoms with van der Waals surface area (Å²) in [5.74, 6) is 0.261. The molecule has 1 rings (SSSR count). The highest BCUT2D eigenvalue weighted by atomic mass is 127. The topological polar surface area (TPSA) is 73.9 Å². The molecular formula is C16H21I2NO5. The van der Waals surface area contributed by atoms with E-state index in [4.69, 9.17) is 14.2 Å². The van der Waals surface area contributed by atoms with Crippen LogP contribution in [0.3, 0.4) is 0 Å². The summed E-state index contributed by atoms with van der Waals surface area (Å²) in [6.45, 7) is 5.27. The number of benzene rings is 1. The molecule has 0 radical (unpaired) electrons. The molecule has 0 spiro atoms. The first kappa shape index (κ1) is 21.3. The molecule has 1 aromatic carbocycles. The SMILES string of the molecule is COC(=O)C(Cc1cc(I)c(OC)c(I)c1)NC(=O)OC(C)(C)C. The van der Waals surface area contributed by atoms with Crippen molar-refractivity contribution in [3.05, 3.63) is 24.8 Å². The number of alkyl carbamates (subject to hydrolysis) is 1. The van der Waals surface area contributed by atoms with Gasteiger partial charge in [0, 0.05) is 6.42 Å². The minimum absolute atomic E-state index is 0.294. The van der Waals surface area contributed by atoms with Crippen LogP contribution in [0.5, 0.6) is 5.75 Å². The number of halogens is 2. The van der Waals surface area contributed by atoms with Crippen molar-refractivity contribution in [2.45, 2.75) is 38.8 Å². The third-order valence-corrected chi connectivity index (χ3v) is 4.48. The lowest BCUT2D eigenvalue weighted by Crippen LogP contribution is -2.45. The summed E-state index contributed by atoms with van der Waals surface area (Å²) in [6, 6.07) is 2.99. The average molecular weight is 561 g/mol. The molecule has 0 aliphatic carbocycles. The zero-order valence-electron chi connectivity index (χ0n) is 14.2. The van der Waals surface area contributed by atoms with E-state index in [1.807, 2.05) is 12.1 Å². The van der Waals surface area contributed by atoms with Crippen LogP contribution in [0.25, 0.3) is 0 Å². The Morgan fingerprint density at radius 3 is 2.12 bits per heavy atom. The Balaban J connectivity index is 2.95. The van der Waals surface area contributed by atoms with E-state index in [0.29, 0.717) is 6.42 Å². The van der Waals surface area contributed by atoms with Gasteiger partial charge in [0.05, 0.1) is 21.4 Å². The molecule has 0 aliphatic heterocycles. The number of ether oxygens (including phenoxy) is 3. The Kier molecular flexibility index (Phi) is 8.03. The van der Waals surface area contributed by atoms with Crippen LogP contribution in [0.1, 0.15) is 26.3 Å². The number of amides is 1. The molecule has 0 heterocycles. The summed E-state index contributed by atoms with van der Waals surface area (Å²) >= 11 is 4.34. The largest absolute Gasteiger partial charge is 0.495 e. The average Bonchev–Trinajstić information content (AvgIpc) is 2.43. The fourth-order valence-corrected chi connectivity index (χ4v) is 4.28. The van der Waals surface area contributed by atoms with Crippen molar-refractivity contribution in [2.75, 3.05) is 14.2 Å². The summed E-state index contributed by atoms with van der Waals surface area (Å²) in [6.07, 6.45) is -0.363. The Hall–Kier alpha value is -0.780. The number of methoxy groups -OCH3 is 2. The quantitative estimate of drug-likeness (QED) is 0.441. The first-order chi connectivity index (χ1) is 11.1. The third kappa shape index (κ3) is 6.61. The van der Waals surface area contributed by atoms with Gasteiger partial charge in [0.25, 0.3) is 0 Å². The fraction of sp³-hybridized carbons (Fsp3) is 0.500. The van der Waals surface area contributed by atoms with Crippen LogP contribution in [0.2, 0.25) is 0 Å². The van der Waals surface area contributed by atoms with Crippen molar-refractivity contribution in [3.63, 3.8) is 0 Å². The van der Waals surface area contributed by atoms with Gasteiger partial charge < -0.3 is 19.5 Å². The number of hydrogen-bond donors (Lipinski definition) is 1. The number of nitrogens with one attached hydrogen (secondary N) is 1. The molecule has 0 fully saturated rings. The number of carbonyl (C=O) groups is 2. The van der Waals surface area contributed by atoms with Gasteiger partial charge in [-0.25, -0.2) is 9.59 Å². The molecule has 6 nitrogen and oxygen atoms in total. The second kappa shape index (κ2) is 9.07. The summed E-state index contributed by atoms with van der Waals surface area (Å²) in [5.41, 5.74) is 0.242. The minimum atomic E-state index is -0.829. The minimum Gasteiger partial charge on any atom is -0.495 e. The van der Waals surface area contributed by atoms with Gasteiger partial charge in [-0.05, 0) is 83.6 Å². The predicted octanol–water partition coefficient (Wildman–Crippen LogP) is 3.51. The molecule has 1 unspecified atom stereocenters. The molecule has 8 heteroatoms. The van der Waals surface area contributed by atoms with Crippen LogP contribution < -0.4 is 10.1 Å². The molecule has 1 atom stereocenters. The molecule has 24 heavy (non-hydrogen) atoms. The van der Waals surface area contributed by atoms with E-state index in [1.54, 1.807) is 27.9 Å². The number of hydrogen-bond acceptors (Lipinski definition) is 5. The molecule has 1 aromatic rings. The van der Waals surface area contributed by atoms with Gasteiger partial charge in [0.2, 0.25) is 0 Å². The molecule has 0 saturated carbocycles. The number of rotatable bonds is 5. The summed E-state index contributed by atoms with van der Waals surface area (Å²) in [5, 5.41) is 2.57. The van der Waals surface area contributed by atoms with Crippen LogP contribution in [-0.4, -0.2) is 37.9 Å². The van der Waals surface area contributed by atoms with Crippen molar-refractivity contribution >= 4 is 57.2 Å². The second-order valence-corrected chi connectivity index (χ2v) is 8.34. The normalized spacial score (nSPS) is 12.3. The Labute approximate surface area is 169 Å². The van der Waals surface area contributed by atoms with Crippen molar-refractivity contribution in [1.82, 2.24) is 5.32 Å². The van der Waals surface area contributed by atoms with Crippen molar-refractivity contribution in [2.24, 2.45) is 0 Å². The van der Waals surface area contributed by atoms with Gasteiger partial charge in [-0.3, -0.25) is 0 Å². The van der Waals surface area contributed by atoms with Gasteiger partial charge in [0.1, 0.15) is 17.4 Å². The first-order valence-electron chi connectivity index (χ1n) is 7.16. The Bertz CT molecular complexity index is 590. The van der Waals surface area contributed by atoms with Crippen molar-refractivity contribution in [1.29, 1.82) is 0 Å². The maximum absolute atomic E-state index is 12.0. The van der Waals surface area contributed by atoms with Crippen LogP contribution in [0.4, 0.5) is 4.79 Å². The van der Waals surface area contributed by atoms with Crippen LogP contribution >= 0.6 is 45.2 Å². The smallest absolute Gasteiger partial charge is 0.408 e. The maximum Gasteiger partial charge on any atom is 0.408 e. The third-order valence-electron chi connectivity index (χ3n) is 2.88. The lowest BCUT2D eigenvalue weighted by atomic mass is 10.1. The van der Waals surface area contributed by atoms with E-state index in [-0.39, 0.29) is 0 Å². The highest BCUT2D eigenvalue weighted by molar-refractivity contribution is 14.1. The van der Waals surface area contributed by atoms with E-state index in [9.17, 15) is 9.59 Å². The van der Waals surface area contributed by atoms with Crippen molar-refractivity contribution in [3.8, 4) is 5.75 Å². The highest BCUT2D eigenvalue weighted by Gasteiger charge is 2.25. The van der Waals surface area contributed by atoms with E-state index in [0.717, 1.165) is 18.5 Å². The molecule has 0 bridgehead atoms. The van der Waals surface area contributed by atoms with Crippen LogP contribution in [0, 0.1) is 7.14 Å². The predicted molar refractivity (Wildman–Crippen MR) is 107 cm³/mol. The molecule has 0 aromatic heterocycles. The van der Waals surface area contributed by atoms with E-state index in [1.165, 1.54) is 7.11 Å². The lowest BCUT2D eigenvalue weighted by Gasteiger charge is -2.23. The number of carbonyl (C=O) groups excluding carboxylic acids is 2. The fourth-order valence-electron chi connectivity index (χ4n) is 1.95. The van der Waals surface area contributed by atoms with E-state index >= 15 is 0 Å². The van der Waals surface area contributed by atoms with Gasteiger partial charge in [-0.1, -0.05) is 0 Å². The molecule has 134 valence electrons. The van der Waals surface area contributed by atoms with Crippen LogP contribution in [0.15, 0.2) is 12.1 Å². The second-order valence-electron chi connectivity index (χ2n) is 6.02. The lowest BCUT2D eigenvalue weighted by molar-refractivity contribution is -0.143. The highest BCUT2D eigenvalue weighted by Crippen LogP contribution is 2.29.